The first-order valence-electron chi connectivity index (χ1n) is 6.09. The number of carboxylic acid groups (broad SMARTS) is 1. The van der Waals surface area contributed by atoms with Crippen LogP contribution in [0.4, 0.5) is 0 Å². The maximum absolute atomic E-state index is 11.2. The van der Waals surface area contributed by atoms with E-state index in [0.29, 0.717) is 25.2 Å². The van der Waals surface area contributed by atoms with E-state index in [-0.39, 0.29) is 0 Å². The molecule has 0 bridgehead atoms. The molecule has 0 saturated heterocycles. The average Bonchev–Trinajstić information content (AvgIpc) is 2.86. The summed E-state index contributed by atoms with van der Waals surface area (Å²) in [6.07, 6.45) is 1.34. The van der Waals surface area contributed by atoms with E-state index in [2.05, 4.69) is 15.5 Å². The molecule has 0 aliphatic heterocycles. The molecule has 1 N–H and O–H groups in total. The summed E-state index contributed by atoms with van der Waals surface area (Å²) in [5.41, 5.74) is 0.111. The zero-order valence-electron chi connectivity index (χ0n) is 10.8. The van der Waals surface area contributed by atoms with E-state index in [4.69, 9.17) is 4.42 Å². The number of carbonyl (C=O) groups is 1. The van der Waals surface area contributed by atoms with Crippen LogP contribution in [0.1, 0.15) is 24.4 Å². The van der Waals surface area contributed by atoms with Crippen LogP contribution >= 0.6 is 0 Å². The molecule has 0 atom stereocenters. The van der Waals surface area contributed by atoms with Gasteiger partial charge in [0.05, 0.1) is 17.5 Å². The Labute approximate surface area is 109 Å². The van der Waals surface area contributed by atoms with E-state index >= 15 is 0 Å². The van der Waals surface area contributed by atoms with Crippen molar-refractivity contribution in [1.82, 2.24) is 20.2 Å². The Morgan fingerprint density at radius 1 is 1.53 bits per heavy atom. The summed E-state index contributed by atoms with van der Waals surface area (Å²) in [5.74, 6) is 1.28. The molecule has 1 aliphatic carbocycles. The molecule has 7 heteroatoms. The van der Waals surface area contributed by atoms with Crippen LogP contribution in [0.5, 0.6) is 0 Å². The van der Waals surface area contributed by atoms with Crippen molar-refractivity contribution in [2.45, 2.75) is 33.2 Å². The van der Waals surface area contributed by atoms with Gasteiger partial charge in [-0.1, -0.05) is 0 Å². The standard InChI is InChI=1S/C12H14N4O3/c1-7-5-9(8(2)19-7)10-13-14-15-16(10)6-12(3-4-12)11(17)18/h5H,3-4,6H2,1-2H3,(H,17,18). The van der Waals surface area contributed by atoms with Gasteiger partial charge in [0.15, 0.2) is 5.82 Å². The molecular formula is C12H14N4O3. The highest BCUT2D eigenvalue weighted by Gasteiger charge is 2.51. The van der Waals surface area contributed by atoms with Crippen molar-refractivity contribution < 1.29 is 14.3 Å². The van der Waals surface area contributed by atoms with E-state index < -0.39 is 11.4 Å². The number of nitrogens with zero attached hydrogens (tertiary/aromatic N) is 4. The second-order valence-electron chi connectivity index (χ2n) is 5.07. The van der Waals surface area contributed by atoms with Crippen LogP contribution in [0, 0.1) is 19.3 Å². The monoisotopic (exact) mass is 262 g/mol. The normalized spacial score (nSPS) is 16.5. The van der Waals surface area contributed by atoms with Crippen LogP contribution in [-0.2, 0) is 11.3 Å². The van der Waals surface area contributed by atoms with Crippen molar-refractivity contribution in [2.24, 2.45) is 5.41 Å². The number of aryl methyl sites for hydroxylation is 2. The van der Waals surface area contributed by atoms with Crippen molar-refractivity contribution in [3.63, 3.8) is 0 Å². The van der Waals surface area contributed by atoms with Crippen molar-refractivity contribution >= 4 is 5.97 Å². The lowest BCUT2D eigenvalue weighted by molar-refractivity contribution is -0.144. The Morgan fingerprint density at radius 3 is 2.79 bits per heavy atom. The number of aromatic nitrogens is 4. The molecule has 2 heterocycles. The molecular weight excluding hydrogens is 248 g/mol. The molecule has 0 radical (unpaired) electrons. The Kier molecular flexibility index (Phi) is 2.44. The summed E-state index contributed by atoms with van der Waals surface area (Å²) in [7, 11) is 0. The highest BCUT2D eigenvalue weighted by Crippen LogP contribution is 2.47. The quantitative estimate of drug-likeness (QED) is 0.895. The van der Waals surface area contributed by atoms with E-state index in [1.807, 2.05) is 19.9 Å². The molecule has 2 aromatic heterocycles. The molecule has 7 nitrogen and oxygen atoms in total. The van der Waals surface area contributed by atoms with Gasteiger partial charge in [-0.3, -0.25) is 4.79 Å². The molecule has 100 valence electrons. The minimum atomic E-state index is -0.783. The lowest BCUT2D eigenvalue weighted by Gasteiger charge is -2.10. The number of carboxylic acids is 1. The number of hydrogen-bond donors (Lipinski definition) is 1. The van der Waals surface area contributed by atoms with Crippen molar-refractivity contribution in [1.29, 1.82) is 0 Å². The van der Waals surface area contributed by atoms with Gasteiger partial charge >= 0.3 is 5.97 Å². The third-order valence-corrected chi connectivity index (χ3v) is 3.57. The number of aliphatic carboxylic acids is 1. The molecule has 1 saturated carbocycles. The SMILES string of the molecule is Cc1cc(-c2nnnn2CC2(C(=O)O)CC2)c(C)o1. The van der Waals surface area contributed by atoms with Gasteiger partial charge in [0.25, 0.3) is 0 Å². The summed E-state index contributed by atoms with van der Waals surface area (Å²) in [6.45, 7) is 3.99. The van der Waals surface area contributed by atoms with Gasteiger partial charge in [-0.15, -0.1) is 5.10 Å². The van der Waals surface area contributed by atoms with Gasteiger partial charge in [-0.2, -0.15) is 0 Å². The van der Waals surface area contributed by atoms with Crippen molar-refractivity contribution in [3.8, 4) is 11.4 Å². The molecule has 3 rings (SSSR count). The topological polar surface area (TPSA) is 94.0 Å². The number of rotatable bonds is 4. The number of tetrazole rings is 1. The summed E-state index contributed by atoms with van der Waals surface area (Å²) in [5, 5.41) is 20.8. The van der Waals surface area contributed by atoms with Gasteiger partial charge in [0.2, 0.25) is 0 Å². The Hall–Kier alpha value is -2.18. The van der Waals surface area contributed by atoms with Crippen LogP contribution in [0.3, 0.4) is 0 Å². The predicted molar refractivity (Wildman–Crippen MR) is 64.3 cm³/mol. The fraction of sp³-hybridized carbons (Fsp3) is 0.500. The predicted octanol–water partition coefficient (Wildman–Crippen LogP) is 1.41. The second kappa shape index (κ2) is 3.91. The van der Waals surface area contributed by atoms with Crippen LogP contribution in [0.15, 0.2) is 10.5 Å². The summed E-state index contributed by atoms with van der Waals surface area (Å²) in [4.78, 5) is 11.2. The maximum Gasteiger partial charge on any atom is 0.311 e. The third-order valence-electron chi connectivity index (χ3n) is 3.57. The molecule has 19 heavy (non-hydrogen) atoms. The highest BCUT2D eigenvalue weighted by atomic mass is 16.4. The van der Waals surface area contributed by atoms with Crippen molar-refractivity contribution in [3.05, 3.63) is 17.6 Å². The van der Waals surface area contributed by atoms with Crippen LogP contribution in [-0.4, -0.2) is 31.3 Å². The van der Waals surface area contributed by atoms with Gasteiger partial charge < -0.3 is 9.52 Å². The highest BCUT2D eigenvalue weighted by molar-refractivity contribution is 5.77. The molecule has 0 aromatic carbocycles. The van der Waals surface area contributed by atoms with Crippen LogP contribution in [0.2, 0.25) is 0 Å². The zero-order chi connectivity index (χ0) is 13.6. The van der Waals surface area contributed by atoms with Crippen LogP contribution in [0.25, 0.3) is 11.4 Å². The zero-order valence-corrected chi connectivity index (χ0v) is 10.8. The number of hydrogen-bond acceptors (Lipinski definition) is 5. The first-order valence-corrected chi connectivity index (χ1v) is 6.09. The lowest BCUT2D eigenvalue weighted by atomic mass is 10.1. The fourth-order valence-electron chi connectivity index (χ4n) is 2.23. The third kappa shape index (κ3) is 1.91. The molecule has 0 amide bonds. The fourth-order valence-corrected chi connectivity index (χ4v) is 2.23. The van der Waals surface area contributed by atoms with Gasteiger partial charge in [0.1, 0.15) is 11.5 Å². The largest absolute Gasteiger partial charge is 0.481 e. The average molecular weight is 262 g/mol. The lowest BCUT2D eigenvalue weighted by Crippen LogP contribution is -2.22. The second-order valence-corrected chi connectivity index (χ2v) is 5.07. The van der Waals surface area contributed by atoms with Gasteiger partial charge in [-0.05, 0) is 43.2 Å². The molecule has 0 unspecified atom stereocenters. The summed E-state index contributed by atoms with van der Waals surface area (Å²) < 4.78 is 7.02. The Morgan fingerprint density at radius 2 is 2.26 bits per heavy atom. The van der Waals surface area contributed by atoms with Gasteiger partial charge in [-0.25, -0.2) is 4.68 Å². The van der Waals surface area contributed by atoms with E-state index in [1.165, 1.54) is 0 Å². The van der Waals surface area contributed by atoms with E-state index in [0.717, 1.165) is 17.1 Å². The van der Waals surface area contributed by atoms with Crippen molar-refractivity contribution in [2.75, 3.05) is 0 Å². The first kappa shape index (κ1) is 11.9. The summed E-state index contributed by atoms with van der Waals surface area (Å²) >= 11 is 0. The van der Waals surface area contributed by atoms with Crippen LogP contribution < -0.4 is 0 Å². The van der Waals surface area contributed by atoms with E-state index in [1.54, 1.807) is 4.68 Å². The smallest absolute Gasteiger partial charge is 0.311 e. The van der Waals surface area contributed by atoms with E-state index in [9.17, 15) is 9.90 Å². The Bertz CT molecular complexity index is 639. The Balaban J connectivity index is 1.95. The summed E-state index contributed by atoms with van der Waals surface area (Å²) in [6, 6.07) is 1.86. The molecule has 2 aromatic rings. The molecule has 1 fully saturated rings. The first-order chi connectivity index (χ1) is 9.02. The number of furan rings is 1. The maximum atomic E-state index is 11.2. The minimum Gasteiger partial charge on any atom is -0.481 e. The minimum absolute atomic E-state index is 0.300. The molecule has 1 aliphatic rings. The van der Waals surface area contributed by atoms with Gasteiger partial charge in [0, 0.05) is 0 Å². The molecule has 0 spiro atoms.